The predicted molar refractivity (Wildman–Crippen MR) is 116 cm³/mol. The zero-order valence-electron chi connectivity index (χ0n) is 17.3. The molecule has 0 aliphatic carbocycles. The average molecular weight is 434 g/mol. The second-order valence-electron chi connectivity index (χ2n) is 7.49. The van der Waals surface area contributed by atoms with Gasteiger partial charge in [0.15, 0.2) is 17.5 Å². The predicted octanol–water partition coefficient (Wildman–Crippen LogP) is 3.58. The summed E-state index contributed by atoms with van der Waals surface area (Å²) in [6.45, 7) is 5.97. The minimum atomic E-state index is -0.854. The Kier molecular flexibility index (Phi) is 4.89. The van der Waals surface area contributed by atoms with E-state index in [0.29, 0.717) is 48.4 Å². The van der Waals surface area contributed by atoms with E-state index in [1.54, 1.807) is 29.2 Å². The Morgan fingerprint density at radius 3 is 2.69 bits per heavy atom. The third-order valence-electron chi connectivity index (χ3n) is 5.36. The van der Waals surface area contributed by atoms with Gasteiger partial charge in [-0.15, -0.1) is 0 Å². The van der Waals surface area contributed by atoms with Gasteiger partial charge >= 0.3 is 0 Å². The van der Waals surface area contributed by atoms with Crippen LogP contribution >= 0.6 is 0 Å². The Labute approximate surface area is 182 Å². The highest BCUT2D eigenvalue weighted by molar-refractivity contribution is 5.64. The molecule has 5 rings (SSSR count). The molecular formula is C22H20F2N8. The summed E-state index contributed by atoms with van der Waals surface area (Å²) in [6.07, 6.45) is 5.29. The highest BCUT2D eigenvalue weighted by Gasteiger charge is 2.23. The second kappa shape index (κ2) is 7.88. The van der Waals surface area contributed by atoms with E-state index in [1.165, 1.54) is 6.07 Å². The number of nitrogens with one attached hydrogen (secondary N) is 1. The number of hydrogen-bond donors (Lipinski definition) is 1. The summed E-state index contributed by atoms with van der Waals surface area (Å²) in [4.78, 5) is 15.6. The molecule has 1 aliphatic rings. The van der Waals surface area contributed by atoms with Gasteiger partial charge in [-0.1, -0.05) is 12.6 Å². The molecule has 8 nitrogen and oxygen atoms in total. The summed E-state index contributed by atoms with van der Waals surface area (Å²) in [6, 6.07) is 7.56. The number of benzene rings is 1. The molecule has 3 aromatic heterocycles. The van der Waals surface area contributed by atoms with Crippen molar-refractivity contribution in [1.82, 2.24) is 34.2 Å². The molecule has 0 saturated carbocycles. The van der Waals surface area contributed by atoms with Gasteiger partial charge in [-0.2, -0.15) is 5.10 Å². The summed E-state index contributed by atoms with van der Waals surface area (Å²) in [7, 11) is 1.83. The lowest BCUT2D eigenvalue weighted by atomic mass is 10.1. The molecular weight excluding hydrogens is 414 g/mol. The maximum atomic E-state index is 13.6. The molecule has 0 amide bonds. The van der Waals surface area contributed by atoms with Crippen molar-refractivity contribution < 1.29 is 8.78 Å². The quantitative estimate of drug-likeness (QED) is 0.518. The number of hydrogen-bond acceptors (Lipinski definition) is 6. The standard InChI is InChI=1S/C22H20F2N8/c1-14-21-27-19(18-5-7-25-22(28-18)29-20-6-8-26-30(20)2)13-32(21)10-9-31(14)12-15-3-4-16(23)17(24)11-15/h3-8,11,13H,1,9-10,12H2,2H3,(H,25,28,29). The molecule has 32 heavy (non-hydrogen) atoms. The Morgan fingerprint density at radius 1 is 1.03 bits per heavy atom. The van der Waals surface area contributed by atoms with Crippen LogP contribution in [0.15, 0.2) is 55.5 Å². The van der Waals surface area contributed by atoms with Gasteiger partial charge in [0.2, 0.25) is 5.95 Å². The van der Waals surface area contributed by atoms with Crippen molar-refractivity contribution in [2.45, 2.75) is 13.1 Å². The van der Waals surface area contributed by atoms with Crippen molar-refractivity contribution in [3.63, 3.8) is 0 Å². The Balaban J connectivity index is 1.37. The average Bonchev–Trinajstić information content (AvgIpc) is 3.40. The van der Waals surface area contributed by atoms with E-state index < -0.39 is 11.6 Å². The van der Waals surface area contributed by atoms with Crippen LogP contribution in [-0.4, -0.2) is 40.7 Å². The number of halogens is 2. The molecule has 1 aliphatic heterocycles. The van der Waals surface area contributed by atoms with E-state index in [2.05, 4.69) is 27.0 Å². The first kappa shape index (κ1) is 19.9. The maximum absolute atomic E-state index is 13.6. The molecule has 162 valence electrons. The van der Waals surface area contributed by atoms with Gasteiger partial charge < -0.3 is 14.8 Å². The molecule has 0 radical (unpaired) electrons. The monoisotopic (exact) mass is 434 g/mol. The largest absolute Gasteiger partial charge is 0.363 e. The van der Waals surface area contributed by atoms with Gasteiger partial charge in [-0.3, -0.25) is 4.68 Å². The van der Waals surface area contributed by atoms with Crippen LogP contribution in [0.4, 0.5) is 20.5 Å². The van der Waals surface area contributed by atoms with Gasteiger partial charge in [0.05, 0.1) is 17.6 Å². The maximum Gasteiger partial charge on any atom is 0.228 e. The van der Waals surface area contributed by atoms with Crippen LogP contribution in [0.5, 0.6) is 0 Å². The molecule has 0 spiro atoms. The number of fused-ring (bicyclic) bond motifs is 1. The smallest absolute Gasteiger partial charge is 0.228 e. The number of aryl methyl sites for hydroxylation is 1. The van der Waals surface area contributed by atoms with Gasteiger partial charge in [0, 0.05) is 45.1 Å². The van der Waals surface area contributed by atoms with Crippen molar-refractivity contribution in [1.29, 1.82) is 0 Å². The minimum absolute atomic E-state index is 0.421. The Bertz CT molecular complexity index is 1310. The molecule has 10 heteroatoms. The fraction of sp³-hybridized carbons (Fsp3) is 0.182. The number of imidazole rings is 1. The first-order valence-electron chi connectivity index (χ1n) is 10.0. The summed E-state index contributed by atoms with van der Waals surface area (Å²) in [5.74, 6) is 0.221. The number of nitrogens with zero attached hydrogens (tertiary/aromatic N) is 7. The molecule has 0 fully saturated rings. The SMILES string of the molecule is C=C1c2nc(-c3ccnc(Nc4ccnn4C)n3)cn2CCN1Cc1ccc(F)c(F)c1. The highest BCUT2D eigenvalue weighted by Crippen LogP contribution is 2.28. The first-order valence-corrected chi connectivity index (χ1v) is 10.0. The third-order valence-corrected chi connectivity index (χ3v) is 5.36. The lowest BCUT2D eigenvalue weighted by Crippen LogP contribution is -2.31. The van der Waals surface area contributed by atoms with E-state index in [1.807, 2.05) is 28.8 Å². The zero-order valence-corrected chi connectivity index (χ0v) is 17.3. The zero-order chi connectivity index (χ0) is 22.2. The fourth-order valence-electron chi connectivity index (χ4n) is 3.65. The summed E-state index contributed by atoms with van der Waals surface area (Å²) in [5.41, 5.74) is 2.76. The molecule has 4 heterocycles. The lowest BCUT2D eigenvalue weighted by molar-refractivity contribution is 0.341. The van der Waals surface area contributed by atoms with Crippen molar-refractivity contribution in [3.05, 3.63) is 78.5 Å². The van der Waals surface area contributed by atoms with Gasteiger partial charge in [-0.05, 0) is 23.8 Å². The van der Waals surface area contributed by atoms with Gasteiger partial charge in [0.1, 0.15) is 11.5 Å². The van der Waals surface area contributed by atoms with Crippen molar-refractivity contribution in [3.8, 4) is 11.4 Å². The van der Waals surface area contributed by atoms with E-state index in [-0.39, 0.29) is 0 Å². The number of rotatable bonds is 5. The Hall–Kier alpha value is -4.08. The Morgan fingerprint density at radius 2 is 1.91 bits per heavy atom. The molecule has 4 aromatic rings. The number of aromatic nitrogens is 6. The third kappa shape index (κ3) is 3.70. The summed E-state index contributed by atoms with van der Waals surface area (Å²) < 4.78 is 30.5. The van der Waals surface area contributed by atoms with E-state index in [4.69, 9.17) is 4.98 Å². The van der Waals surface area contributed by atoms with Gasteiger partial charge in [-0.25, -0.2) is 23.7 Å². The van der Waals surface area contributed by atoms with Crippen LogP contribution in [0.2, 0.25) is 0 Å². The molecule has 1 N–H and O–H groups in total. The van der Waals surface area contributed by atoms with Crippen LogP contribution < -0.4 is 5.32 Å². The van der Waals surface area contributed by atoms with Crippen molar-refractivity contribution in [2.24, 2.45) is 7.05 Å². The summed E-state index contributed by atoms with van der Waals surface area (Å²) in [5, 5.41) is 7.26. The molecule has 0 atom stereocenters. The van der Waals surface area contributed by atoms with Crippen LogP contribution in [-0.2, 0) is 20.1 Å². The lowest BCUT2D eigenvalue weighted by Gasteiger charge is -2.31. The van der Waals surface area contributed by atoms with Crippen LogP contribution in [0, 0.1) is 11.6 Å². The van der Waals surface area contributed by atoms with E-state index in [0.717, 1.165) is 17.6 Å². The van der Waals surface area contributed by atoms with Gasteiger partial charge in [0.25, 0.3) is 0 Å². The highest BCUT2D eigenvalue weighted by atomic mass is 19.2. The normalized spacial score (nSPS) is 13.3. The van der Waals surface area contributed by atoms with E-state index >= 15 is 0 Å². The van der Waals surface area contributed by atoms with Crippen LogP contribution in [0.25, 0.3) is 17.1 Å². The molecule has 1 aromatic carbocycles. The summed E-state index contributed by atoms with van der Waals surface area (Å²) >= 11 is 0. The van der Waals surface area contributed by atoms with E-state index in [9.17, 15) is 8.78 Å². The first-order chi connectivity index (χ1) is 15.5. The van der Waals surface area contributed by atoms with Crippen LogP contribution in [0.3, 0.4) is 0 Å². The fourth-order valence-corrected chi connectivity index (χ4v) is 3.65. The van der Waals surface area contributed by atoms with Crippen molar-refractivity contribution in [2.75, 3.05) is 11.9 Å². The molecule has 0 saturated heterocycles. The van der Waals surface area contributed by atoms with Crippen LogP contribution in [0.1, 0.15) is 11.4 Å². The molecule has 0 bridgehead atoms. The topological polar surface area (TPSA) is 76.7 Å². The molecule has 0 unspecified atom stereocenters. The second-order valence-corrected chi connectivity index (χ2v) is 7.49. The van der Waals surface area contributed by atoms with Crippen molar-refractivity contribution >= 4 is 17.5 Å². The minimum Gasteiger partial charge on any atom is -0.363 e. The number of anilines is 2.